The van der Waals surface area contributed by atoms with Gasteiger partial charge in [0.15, 0.2) is 0 Å². The average Bonchev–Trinajstić information content (AvgIpc) is 2.84. The van der Waals surface area contributed by atoms with Crippen molar-refractivity contribution < 1.29 is 0 Å². The summed E-state index contributed by atoms with van der Waals surface area (Å²) >= 11 is 5.93. The van der Waals surface area contributed by atoms with Gasteiger partial charge in [-0.3, -0.25) is 0 Å². The standard InChI is InChI=1S/C9H7ClN2/c10-8-3-1-2-4-9(8)12-6-7(12)5-11/h1-4,7H,6H2. The first-order valence-electron chi connectivity index (χ1n) is 3.73. The van der Waals surface area contributed by atoms with Crippen LogP contribution in [0.1, 0.15) is 0 Å². The van der Waals surface area contributed by atoms with E-state index in [1.54, 1.807) is 0 Å². The largest absolute Gasteiger partial charge is 0.350 e. The molecule has 0 saturated carbocycles. The maximum atomic E-state index is 8.59. The summed E-state index contributed by atoms with van der Waals surface area (Å²) in [5.74, 6) is 0. The highest BCUT2D eigenvalue weighted by molar-refractivity contribution is 6.33. The van der Waals surface area contributed by atoms with E-state index < -0.39 is 0 Å². The summed E-state index contributed by atoms with van der Waals surface area (Å²) in [4.78, 5) is 1.97. The molecule has 0 amide bonds. The van der Waals surface area contributed by atoms with Gasteiger partial charge in [0.25, 0.3) is 0 Å². The third-order valence-electron chi connectivity index (χ3n) is 1.92. The zero-order valence-corrected chi connectivity index (χ0v) is 7.12. The van der Waals surface area contributed by atoms with Crippen molar-refractivity contribution in [2.75, 3.05) is 11.4 Å². The molecule has 0 spiro atoms. The highest BCUT2D eigenvalue weighted by atomic mass is 35.5. The summed E-state index contributed by atoms with van der Waals surface area (Å²) < 4.78 is 0. The fourth-order valence-corrected chi connectivity index (χ4v) is 1.44. The predicted molar refractivity (Wildman–Crippen MR) is 48.2 cm³/mol. The Morgan fingerprint density at radius 2 is 2.25 bits per heavy atom. The smallest absolute Gasteiger partial charge is 0.134 e. The first kappa shape index (κ1) is 7.45. The Morgan fingerprint density at radius 1 is 1.50 bits per heavy atom. The van der Waals surface area contributed by atoms with Gasteiger partial charge in [-0.05, 0) is 12.1 Å². The minimum Gasteiger partial charge on any atom is -0.350 e. The maximum absolute atomic E-state index is 8.59. The Balaban J connectivity index is 2.26. The van der Waals surface area contributed by atoms with Crippen molar-refractivity contribution in [3.05, 3.63) is 29.3 Å². The van der Waals surface area contributed by atoms with Gasteiger partial charge in [0.05, 0.1) is 23.3 Å². The number of para-hydroxylation sites is 1. The van der Waals surface area contributed by atoms with Crippen molar-refractivity contribution in [2.24, 2.45) is 0 Å². The predicted octanol–water partition coefficient (Wildman–Crippen LogP) is 2.05. The van der Waals surface area contributed by atoms with E-state index in [1.165, 1.54) is 0 Å². The van der Waals surface area contributed by atoms with Crippen molar-refractivity contribution in [1.29, 1.82) is 5.26 Å². The molecule has 1 heterocycles. The lowest BCUT2D eigenvalue weighted by molar-refractivity contribution is 1.26. The lowest BCUT2D eigenvalue weighted by Gasteiger charge is -2.03. The average molecular weight is 179 g/mol. The Bertz CT molecular complexity index is 343. The van der Waals surface area contributed by atoms with Crippen LogP contribution < -0.4 is 4.90 Å². The lowest BCUT2D eigenvalue weighted by Crippen LogP contribution is -1.96. The summed E-state index contributed by atoms with van der Waals surface area (Å²) in [6.45, 7) is 0.806. The zero-order chi connectivity index (χ0) is 8.55. The van der Waals surface area contributed by atoms with E-state index in [1.807, 2.05) is 29.2 Å². The molecule has 1 aliphatic rings. The minimum absolute atomic E-state index is 0.0323. The molecule has 1 aromatic rings. The quantitative estimate of drug-likeness (QED) is 0.616. The van der Waals surface area contributed by atoms with E-state index in [-0.39, 0.29) is 6.04 Å². The molecule has 3 heteroatoms. The van der Waals surface area contributed by atoms with Crippen molar-refractivity contribution >= 4 is 17.3 Å². The number of anilines is 1. The number of rotatable bonds is 1. The van der Waals surface area contributed by atoms with E-state index in [0.717, 1.165) is 17.3 Å². The molecule has 2 nitrogen and oxygen atoms in total. The Labute approximate surface area is 76.0 Å². The topological polar surface area (TPSA) is 26.8 Å². The molecule has 1 saturated heterocycles. The van der Waals surface area contributed by atoms with E-state index in [4.69, 9.17) is 16.9 Å². The first-order chi connectivity index (χ1) is 5.83. The third-order valence-corrected chi connectivity index (χ3v) is 2.24. The molecule has 12 heavy (non-hydrogen) atoms. The van der Waals surface area contributed by atoms with Gasteiger partial charge in [-0.25, -0.2) is 0 Å². The van der Waals surface area contributed by atoms with Crippen LogP contribution in [-0.4, -0.2) is 12.6 Å². The highest BCUT2D eigenvalue weighted by Crippen LogP contribution is 2.33. The van der Waals surface area contributed by atoms with Crippen LogP contribution in [-0.2, 0) is 0 Å². The molecule has 2 rings (SSSR count). The number of halogens is 1. The Hall–Kier alpha value is -1.20. The van der Waals surface area contributed by atoms with Gasteiger partial charge in [-0.15, -0.1) is 0 Å². The van der Waals surface area contributed by atoms with Crippen molar-refractivity contribution in [2.45, 2.75) is 6.04 Å². The van der Waals surface area contributed by atoms with E-state index in [2.05, 4.69) is 6.07 Å². The zero-order valence-electron chi connectivity index (χ0n) is 6.37. The summed E-state index contributed by atoms with van der Waals surface area (Å²) in [7, 11) is 0. The molecule has 0 aliphatic carbocycles. The third kappa shape index (κ3) is 1.13. The molecule has 1 unspecified atom stereocenters. The molecule has 1 aliphatic heterocycles. The fourth-order valence-electron chi connectivity index (χ4n) is 1.20. The van der Waals surface area contributed by atoms with Gasteiger partial charge in [0.2, 0.25) is 0 Å². The number of nitriles is 1. The molecule has 1 fully saturated rings. The van der Waals surface area contributed by atoms with Gasteiger partial charge < -0.3 is 4.90 Å². The Kier molecular flexibility index (Phi) is 1.67. The van der Waals surface area contributed by atoms with Gasteiger partial charge in [0.1, 0.15) is 6.04 Å². The highest BCUT2D eigenvalue weighted by Gasteiger charge is 2.34. The monoisotopic (exact) mass is 178 g/mol. The van der Waals surface area contributed by atoms with Crippen molar-refractivity contribution in [3.63, 3.8) is 0 Å². The molecule has 0 radical (unpaired) electrons. The molecule has 1 aromatic carbocycles. The first-order valence-corrected chi connectivity index (χ1v) is 4.11. The van der Waals surface area contributed by atoms with Crippen LogP contribution in [0.3, 0.4) is 0 Å². The van der Waals surface area contributed by atoms with Crippen LogP contribution >= 0.6 is 11.6 Å². The second-order valence-corrected chi connectivity index (χ2v) is 3.16. The number of benzene rings is 1. The van der Waals surface area contributed by atoms with Gasteiger partial charge in [-0.1, -0.05) is 23.7 Å². The molecular weight excluding hydrogens is 172 g/mol. The molecule has 60 valence electrons. The van der Waals surface area contributed by atoms with Gasteiger partial charge >= 0.3 is 0 Å². The Morgan fingerprint density at radius 3 is 2.83 bits per heavy atom. The fraction of sp³-hybridized carbons (Fsp3) is 0.222. The second-order valence-electron chi connectivity index (χ2n) is 2.75. The second kappa shape index (κ2) is 2.69. The molecule has 0 N–H and O–H groups in total. The van der Waals surface area contributed by atoms with E-state index in [0.29, 0.717) is 0 Å². The number of hydrogen-bond acceptors (Lipinski definition) is 2. The van der Waals surface area contributed by atoms with E-state index >= 15 is 0 Å². The molecule has 1 atom stereocenters. The van der Waals surface area contributed by atoms with Gasteiger partial charge in [-0.2, -0.15) is 5.26 Å². The summed E-state index contributed by atoms with van der Waals surface area (Å²) in [6.07, 6.45) is 0. The minimum atomic E-state index is 0.0323. The maximum Gasteiger partial charge on any atom is 0.134 e. The van der Waals surface area contributed by atoms with Crippen LogP contribution in [0.15, 0.2) is 24.3 Å². The summed E-state index contributed by atoms with van der Waals surface area (Å²) in [5, 5.41) is 9.31. The normalized spacial score (nSPS) is 20.3. The summed E-state index contributed by atoms with van der Waals surface area (Å²) in [5.41, 5.74) is 0.964. The molecular formula is C9H7ClN2. The van der Waals surface area contributed by atoms with Crippen molar-refractivity contribution in [1.82, 2.24) is 0 Å². The molecule has 0 bridgehead atoms. The SMILES string of the molecule is N#CC1CN1c1ccccc1Cl. The van der Waals surface area contributed by atoms with Crippen molar-refractivity contribution in [3.8, 4) is 6.07 Å². The number of hydrogen-bond donors (Lipinski definition) is 0. The van der Waals surface area contributed by atoms with Gasteiger partial charge in [0, 0.05) is 0 Å². The van der Waals surface area contributed by atoms with Crippen LogP contribution in [0.2, 0.25) is 5.02 Å². The number of nitrogens with zero attached hydrogens (tertiary/aromatic N) is 2. The lowest BCUT2D eigenvalue weighted by atomic mass is 10.3. The van der Waals surface area contributed by atoms with Crippen LogP contribution in [0.4, 0.5) is 5.69 Å². The van der Waals surface area contributed by atoms with Crippen LogP contribution in [0.5, 0.6) is 0 Å². The van der Waals surface area contributed by atoms with E-state index in [9.17, 15) is 0 Å². The van der Waals surface area contributed by atoms with Crippen LogP contribution in [0, 0.1) is 11.3 Å². The molecule has 0 aromatic heterocycles. The summed E-state index contributed by atoms with van der Waals surface area (Å²) in [6, 6.07) is 9.79. The van der Waals surface area contributed by atoms with Crippen LogP contribution in [0.25, 0.3) is 0 Å².